The number of para-hydroxylation sites is 2. The highest BCUT2D eigenvalue weighted by Gasteiger charge is 2.37. The van der Waals surface area contributed by atoms with E-state index in [1.54, 1.807) is 0 Å². The van der Waals surface area contributed by atoms with Crippen molar-refractivity contribution >= 4 is 11.4 Å². The van der Waals surface area contributed by atoms with Crippen LogP contribution in [-0.4, -0.2) is 24.5 Å². The molecule has 3 rings (SSSR count). The van der Waals surface area contributed by atoms with Gasteiger partial charge < -0.3 is 14.9 Å². The minimum atomic E-state index is -0.306. The number of nitrogens with zero attached hydrogens (tertiary/aromatic N) is 2. The highest BCUT2D eigenvalue weighted by atomic mass is 16.3. The Kier molecular flexibility index (Phi) is 1.01. The van der Waals surface area contributed by atoms with Crippen LogP contribution in [0.4, 0.5) is 11.4 Å². The van der Waals surface area contributed by atoms with Crippen molar-refractivity contribution in [3.05, 3.63) is 24.3 Å². The first kappa shape index (κ1) is 6.31. The molecule has 0 unspecified atom stereocenters. The lowest BCUT2D eigenvalue weighted by atomic mass is 10.2. The van der Waals surface area contributed by atoms with E-state index >= 15 is 0 Å². The fourth-order valence-corrected chi connectivity index (χ4v) is 2.02. The average molecular weight is 162 g/mol. The molecular weight excluding hydrogens is 152 g/mol. The summed E-state index contributed by atoms with van der Waals surface area (Å²) >= 11 is 0. The van der Waals surface area contributed by atoms with Gasteiger partial charge in [0.25, 0.3) is 0 Å². The predicted octanol–water partition coefficient (Wildman–Crippen LogP) is 0.602. The fraction of sp³-hybridized carbons (Fsp3) is 0.333. The SMILES string of the molecule is O[C@@H]1CN2CN1c1ccccc12. The minimum absolute atomic E-state index is 0.306. The Hall–Kier alpha value is -1.22. The molecule has 2 heterocycles. The largest absolute Gasteiger partial charge is 0.372 e. The van der Waals surface area contributed by atoms with E-state index in [0.717, 1.165) is 18.9 Å². The van der Waals surface area contributed by atoms with Crippen molar-refractivity contribution in [3.63, 3.8) is 0 Å². The molecule has 1 aromatic rings. The quantitative estimate of drug-likeness (QED) is 0.605. The van der Waals surface area contributed by atoms with Gasteiger partial charge in [0.05, 0.1) is 24.6 Å². The molecule has 1 atom stereocenters. The molecule has 3 nitrogen and oxygen atoms in total. The first-order valence-corrected chi connectivity index (χ1v) is 4.15. The average Bonchev–Trinajstić information content (AvgIpc) is 2.62. The summed E-state index contributed by atoms with van der Waals surface area (Å²) in [7, 11) is 0. The number of hydrogen-bond acceptors (Lipinski definition) is 3. The lowest BCUT2D eigenvalue weighted by molar-refractivity contribution is 0.197. The Labute approximate surface area is 70.8 Å². The maximum absolute atomic E-state index is 9.55. The molecule has 2 aliphatic heterocycles. The van der Waals surface area contributed by atoms with Crippen LogP contribution >= 0.6 is 0 Å². The van der Waals surface area contributed by atoms with E-state index in [9.17, 15) is 5.11 Å². The fourth-order valence-electron chi connectivity index (χ4n) is 2.02. The molecule has 1 saturated heterocycles. The molecule has 1 N–H and O–H groups in total. The maximum Gasteiger partial charge on any atom is 0.146 e. The van der Waals surface area contributed by atoms with Crippen molar-refractivity contribution in [1.29, 1.82) is 0 Å². The third kappa shape index (κ3) is 0.599. The zero-order valence-corrected chi connectivity index (χ0v) is 6.64. The zero-order valence-electron chi connectivity index (χ0n) is 6.64. The lowest BCUT2D eigenvalue weighted by Crippen LogP contribution is -2.31. The molecule has 0 saturated carbocycles. The van der Waals surface area contributed by atoms with Gasteiger partial charge in [-0.25, -0.2) is 0 Å². The van der Waals surface area contributed by atoms with Crippen molar-refractivity contribution in [2.24, 2.45) is 0 Å². The summed E-state index contributed by atoms with van der Waals surface area (Å²) in [6.45, 7) is 1.59. The van der Waals surface area contributed by atoms with E-state index in [2.05, 4.69) is 17.0 Å². The van der Waals surface area contributed by atoms with Gasteiger partial charge in [-0.15, -0.1) is 0 Å². The van der Waals surface area contributed by atoms with E-state index < -0.39 is 0 Å². The molecule has 0 aromatic heterocycles. The highest BCUT2D eigenvalue weighted by molar-refractivity contribution is 5.78. The molecule has 2 bridgehead atoms. The van der Waals surface area contributed by atoms with Crippen LogP contribution < -0.4 is 9.80 Å². The van der Waals surface area contributed by atoms with Crippen molar-refractivity contribution in [3.8, 4) is 0 Å². The third-order valence-corrected chi connectivity index (χ3v) is 2.60. The van der Waals surface area contributed by atoms with Crippen molar-refractivity contribution in [2.45, 2.75) is 6.23 Å². The first-order valence-electron chi connectivity index (χ1n) is 4.15. The molecule has 3 heteroatoms. The van der Waals surface area contributed by atoms with Gasteiger partial charge in [-0.1, -0.05) is 12.1 Å². The van der Waals surface area contributed by atoms with Crippen LogP contribution in [-0.2, 0) is 0 Å². The third-order valence-electron chi connectivity index (χ3n) is 2.60. The van der Waals surface area contributed by atoms with Crippen LogP contribution in [0.5, 0.6) is 0 Å². The van der Waals surface area contributed by atoms with Crippen LogP contribution in [0.15, 0.2) is 24.3 Å². The van der Waals surface area contributed by atoms with Crippen LogP contribution in [0.3, 0.4) is 0 Å². The van der Waals surface area contributed by atoms with E-state index in [1.165, 1.54) is 5.69 Å². The molecular formula is C9H10N2O. The second kappa shape index (κ2) is 1.93. The van der Waals surface area contributed by atoms with Gasteiger partial charge in [0.1, 0.15) is 6.23 Å². The Morgan fingerprint density at radius 1 is 1.25 bits per heavy atom. The van der Waals surface area contributed by atoms with E-state index in [0.29, 0.717) is 0 Å². The van der Waals surface area contributed by atoms with E-state index in [-0.39, 0.29) is 6.23 Å². The maximum atomic E-state index is 9.55. The standard InChI is InChI=1S/C9H10N2O/c12-9-5-10-6-11(9)8-4-2-1-3-7(8)10/h1-4,9,12H,5-6H2/t9-/m1/s1. The molecule has 1 aromatic carbocycles. The summed E-state index contributed by atoms with van der Waals surface area (Å²) in [4.78, 5) is 4.22. The summed E-state index contributed by atoms with van der Waals surface area (Å²) < 4.78 is 0. The molecule has 0 aliphatic carbocycles. The Morgan fingerprint density at radius 2 is 2.00 bits per heavy atom. The molecule has 0 spiro atoms. The highest BCUT2D eigenvalue weighted by Crippen LogP contribution is 2.40. The van der Waals surface area contributed by atoms with E-state index in [1.807, 2.05) is 17.0 Å². The normalized spacial score (nSPS) is 24.9. The summed E-state index contributed by atoms with van der Waals surface area (Å²) in [6.07, 6.45) is -0.306. The Bertz CT molecular complexity index is 326. The van der Waals surface area contributed by atoms with Crippen LogP contribution in [0, 0.1) is 0 Å². The monoisotopic (exact) mass is 162 g/mol. The second-order valence-electron chi connectivity index (χ2n) is 3.30. The number of fused-ring (bicyclic) bond motifs is 5. The van der Waals surface area contributed by atoms with Gasteiger partial charge >= 0.3 is 0 Å². The summed E-state index contributed by atoms with van der Waals surface area (Å²) in [5, 5.41) is 9.55. The second-order valence-corrected chi connectivity index (χ2v) is 3.30. The van der Waals surface area contributed by atoms with Gasteiger partial charge in [0, 0.05) is 0 Å². The van der Waals surface area contributed by atoms with Crippen molar-refractivity contribution in [1.82, 2.24) is 0 Å². The van der Waals surface area contributed by atoms with Gasteiger partial charge in [0.2, 0.25) is 0 Å². The molecule has 62 valence electrons. The first-order chi connectivity index (χ1) is 5.86. The van der Waals surface area contributed by atoms with E-state index in [4.69, 9.17) is 0 Å². The summed E-state index contributed by atoms with van der Waals surface area (Å²) in [5.41, 5.74) is 2.42. The van der Waals surface area contributed by atoms with Crippen LogP contribution in [0.1, 0.15) is 0 Å². The van der Waals surface area contributed by atoms with Crippen LogP contribution in [0.2, 0.25) is 0 Å². The number of benzene rings is 1. The molecule has 0 amide bonds. The van der Waals surface area contributed by atoms with Crippen LogP contribution in [0.25, 0.3) is 0 Å². The zero-order chi connectivity index (χ0) is 8.13. The predicted molar refractivity (Wildman–Crippen MR) is 47.1 cm³/mol. The van der Waals surface area contributed by atoms with Crippen molar-refractivity contribution < 1.29 is 5.11 Å². The van der Waals surface area contributed by atoms with Gasteiger partial charge in [0.15, 0.2) is 0 Å². The number of anilines is 2. The van der Waals surface area contributed by atoms with Gasteiger partial charge in [-0.2, -0.15) is 0 Å². The Balaban J connectivity index is 2.17. The number of aliphatic hydroxyl groups is 1. The number of aliphatic hydroxyl groups excluding tert-OH is 1. The summed E-state index contributed by atoms with van der Waals surface area (Å²) in [6, 6.07) is 8.19. The van der Waals surface area contributed by atoms with Gasteiger partial charge in [-0.3, -0.25) is 0 Å². The summed E-state index contributed by atoms with van der Waals surface area (Å²) in [5.74, 6) is 0. The number of hydrogen-bond donors (Lipinski definition) is 1. The minimum Gasteiger partial charge on any atom is -0.372 e. The molecule has 0 radical (unpaired) electrons. The molecule has 12 heavy (non-hydrogen) atoms. The molecule has 1 fully saturated rings. The topological polar surface area (TPSA) is 26.7 Å². The van der Waals surface area contributed by atoms with Crippen molar-refractivity contribution in [2.75, 3.05) is 23.0 Å². The van der Waals surface area contributed by atoms with Gasteiger partial charge in [-0.05, 0) is 12.1 Å². The molecule has 2 aliphatic rings. The number of rotatable bonds is 0. The lowest BCUT2D eigenvalue weighted by Gasteiger charge is -2.23. The smallest absolute Gasteiger partial charge is 0.146 e. The Morgan fingerprint density at radius 3 is 2.83 bits per heavy atom.